The molecule has 1 aliphatic rings. The highest BCUT2D eigenvalue weighted by Gasteiger charge is 2.25. The van der Waals surface area contributed by atoms with Crippen molar-refractivity contribution in [3.8, 4) is 0 Å². The Morgan fingerprint density at radius 2 is 1.88 bits per heavy atom. The highest BCUT2D eigenvalue weighted by molar-refractivity contribution is 5.81. The van der Waals surface area contributed by atoms with Crippen LogP contribution in [-0.2, 0) is 25.7 Å². The van der Waals surface area contributed by atoms with Crippen molar-refractivity contribution in [2.24, 2.45) is 5.92 Å². The molecule has 1 heterocycles. The third-order valence-corrected chi connectivity index (χ3v) is 4.30. The van der Waals surface area contributed by atoms with Gasteiger partial charge in [-0.25, -0.2) is 4.79 Å². The van der Waals surface area contributed by atoms with Crippen LogP contribution < -0.4 is 0 Å². The van der Waals surface area contributed by atoms with E-state index in [1.54, 1.807) is 6.92 Å². The van der Waals surface area contributed by atoms with Crippen LogP contribution in [0.3, 0.4) is 0 Å². The molecule has 136 valence electrons. The van der Waals surface area contributed by atoms with Gasteiger partial charge in [-0.2, -0.15) is 0 Å². The normalized spacial score (nSPS) is 16.0. The van der Waals surface area contributed by atoms with Gasteiger partial charge in [-0.1, -0.05) is 36.4 Å². The van der Waals surface area contributed by atoms with E-state index in [0.717, 1.165) is 44.5 Å². The van der Waals surface area contributed by atoms with Gasteiger partial charge < -0.3 is 14.4 Å². The third-order valence-electron chi connectivity index (χ3n) is 4.30. The van der Waals surface area contributed by atoms with Crippen LogP contribution in [0.4, 0.5) is 0 Å². The number of piperidine rings is 1. The minimum atomic E-state index is -0.289. The fourth-order valence-corrected chi connectivity index (χ4v) is 2.87. The van der Waals surface area contributed by atoms with Crippen molar-refractivity contribution in [3.63, 3.8) is 0 Å². The molecule has 5 nitrogen and oxygen atoms in total. The molecule has 5 heteroatoms. The first-order valence-corrected chi connectivity index (χ1v) is 8.95. The molecule has 0 aromatic heterocycles. The van der Waals surface area contributed by atoms with Gasteiger partial charge in [0.1, 0.15) is 6.61 Å². The summed E-state index contributed by atoms with van der Waals surface area (Å²) in [5, 5.41) is 0. The van der Waals surface area contributed by atoms with Gasteiger partial charge in [-0.3, -0.25) is 4.79 Å². The summed E-state index contributed by atoms with van der Waals surface area (Å²) in [7, 11) is 0. The molecule has 0 amide bonds. The number of esters is 2. The van der Waals surface area contributed by atoms with Gasteiger partial charge in [0.25, 0.3) is 0 Å². The van der Waals surface area contributed by atoms with Gasteiger partial charge in [0.15, 0.2) is 0 Å². The predicted molar refractivity (Wildman–Crippen MR) is 95.8 cm³/mol. The van der Waals surface area contributed by atoms with E-state index < -0.39 is 0 Å². The Hall–Kier alpha value is -2.14. The fourth-order valence-electron chi connectivity index (χ4n) is 2.87. The summed E-state index contributed by atoms with van der Waals surface area (Å²) in [6, 6.07) is 9.75. The maximum atomic E-state index is 12.2. The van der Waals surface area contributed by atoms with Crippen molar-refractivity contribution >= 4 is 11.9 Å². The Morgan fingerprint density at radius 3 is 2.56 bits per heavy atom. The van der Waals surface area contributed by atoms with Crippen LogP contribution in [0.1, 0.15) is 31.7 Å². The maximum absolute atomic E-state index is 12.2. The van der Waals surface area contributed by atoms with Crippen molar-refractivity contribution in [2.45, 2.75) is 32.8 Å². The molecular formula is C20H27NO4. The molecule has 1 aromatic carbocycles. The molecule has 0 bridgehead atoms. The molecule has 0 aliphatic carbocycles. The lowest BCUT2D eigenvalue weighted by molar-refractivity contribution is -0.151. The van der Waals surface area contributed by atoms with E-state index in [0.29, 0.717) is 13.2 Å². The van der Waals surface area contributed by atoms with E-state index in [1.807, 2.05) is 36.4 Å². The third kappa shape index (κ3) is 7.10. The summed E-state index contributed by atoms with van der Waals surface area (Å²) >= 11 is 0. The molecule has 1 aromatic rings. The van der Waals surface area contributed by atoms with Gasteiger partial charge in [0.05, 0.1) is 12.5 Å². The van der Waals surface area contributed by atoms with Gasteiger partial charge in [-0.15, -0.1) is 0 Å². The molecule has 0 atom stereocenters. The Labute approximate surface area is 149 Å². The number of hydrogen-bond acceptors (Lipinski definition) is 5. The van der Waals surface area contributed by atoms with Crippen molar-refractivity contribution in [3.05, 3.63) is 48.0 Å². The fraction of sp³-hybridized carbons (Fsp3) is 0.500. The SMILES string of the molecule is CCOC(=O)C=CCCN1CCC(C(=O)OCc2ccccc2)CC1. The monoisotopic (exact) mass is 345 g/mol. The number of likely N-dealkylation sites (tertiary alicyclic amines) is 1. The number of benzene rings is 1. The predicted octanol–water partition coefficient (Wildman–Crippen LogP) is 2.95. The molecular weight excluding hydrogens is 318 g/mol. The molecule has 1 fully saturated rings. The molecule has 0 N–H and O–H groups in total. The van der Waals surface area contributed by atoms with Crippen molar-refractivity contribution in [2.75, 3.05) is 26.2 Å². The number of rotatable bonds is 8. The summed E-state index contributed by atoms with van der Waals surface area (Å²) in [6.07, 6.45) is 5.79. The van der Waals surface area contributed by atoms with E-state index in [9.17, 15) is 9.59 Å². The number of ether oxygens (including phenoxy) is 2. The van der Waals surface area contributed by atoms with Crippen molar-refractivity contribution < 1.29 is 19.1 Å². The number of carbonyl (C=O) groups is 2. The van der Waals surface area contributed by atoms with Gasteiger partial charge in [0.2, 0.25) is 0 Å². The quantitative estimate of drug-likeness (QED) is 0.535. The lowest BCUT2D eigenvalue weighted by Crippen LogP contribution is -2.37. The van der Waals surface area contributed by atoms with Crippen molar-refractivity contribution in [1.82, 2.24) is 4.90 Å². The van der Waals surface area contributed by atoms with E-state index in [2.05, 4.69) is 4.90 Å². The van der Waals surface area contributed by atoms with Crippen LogP contribution in [-0.4, -0.2) is 43.1 Å². The van der Waals surface area contributed by atoms with E-state index >= 15 is 0 Å². The van der Waals surface area contributed by atoms with E-state index in [4.69, 9.17) is 9.47 Å². The molecule has 0 unspecified atom stereocenters. The highest BCUT2D eigenvalue weighted by Crippen LogP contribution is 2.19. The largest absolute Gasteiger partial charge is 0.463 e. The average Bonchev–Trinajstić information content (AvgIpc) is 2.65. The summed E-state index contributed by atoms with van der Waals surface area (Å²) in [4.78, 5) is 25.7. The number of hydrogen-bond donors (Lipinski definition) is 0. The lowest BCUT2D eigenvalue weighted by atomic mass is 9.97. The summed E-state index contributed by atoms with van der Waals surface area (Å²) in [6.45, 7) is 5.20. The zero-order chi connectivity index (χ0) is 17.9. The van der Waals surface area contributed by atoms with E-state index in [-0.39, 0.29) is 17.9 Å². The molecule has 1 aliphatic heterocycles. The summed E-state index contributed by atoms with van der Waals surface area (Å²) in [5.74, 6) is -0.386. The molecule has 1 saturated heterocycles. The smallest absolute Gasteiger partial charge is 0.330 e. The second-order valence-corrected chi connectivity index (χ2v) is 6.15. The Morgan fingerprint density at radius 1 is 1.16 bits per heavy atom. The first kappa shape index (κ1) is 19.2. The molecule has 0 saturated carbocycles. The first-order chi connectivity index (χ1) is 12.2. The summed E-state index contributed by atoms with van der Waals surface area (Å²) in [5.41, 5.74) is 1.02. The zero-order valence-corrected chi connectivity index (χ0v) is 14.9. The average molecular weight is 345 g/mol. The maximum Gasteiger partial charge on any atom is 0.330 e. The number of carbonyl (C=O) groups excluding carboxylic acids is 2. The topological polar surface area (TPSA) is 55.8 Å². The second kappa shape index (κ2) is 10.7. The van der Waals surface area contributed by atoms with E-state index in [1.165, 1.54) is 6.08 Å². The Balaban J connectivity index is 1.62. The van der Waals surface area contributed by atoms with Crippen LogP contribution in [0, 0.1) is 5.92 Å². The minimum Gasteiger partial charge on any atom is -0.463 e. The first-order valence-electron chi connectivity index (χ1n) is 8.95. The molecule has 0 radical (unpaired) electrons. The van der Waals surface area contributed by atoms with Crippen LogP contribution in [0.15, 0.2) is 42.5 Å². The van der Waals surface area contributed by atoms with Crippen LogP contribution in [0.5, 0.6) is 0 Å². The van der Waals surface area contributed by atoms with Crippen LogP contribution >= 0.6 is 0 Å². The Kier molecular flexibility index (Phi) is 8.19. The zero-order valence-electron chi connectivity index (χ0n) is 14.9. The van der Waals surface area contributed by atoms with Crippen LogP contribution in [0.25, 0.3) is 0 Å². The molecule has 25 heavy (non-hydrogen) atoms. The second-order valence-electron chi connectivity index (χ2n) is 6.15. The number of nitrogens with zero attached hydrogens (tertiary/aromatic N) is 1. The standard InChI is InChI=1S/C20H27NO4/c1-2-24-19(22)10-6-7-13-21-14-11-18(12-15-21)20(23)25-16-17-8-4-3-5-9-17/h3-6,8-10,18H,2,7,11-16H2,1H3. The van der Waals surface area contributed by atoms with Gasteiger partial charge >= 0.3 is 11.9 Å². The van der Waals surface area contributed by atoms with Crippen LogP contribution in [0.2, 0.25) is 0 Å². The van der Waals surface area contributed by atoms with Gasteiger partial charge in [-0.05, 0) is 44.8 Å². The Bertz CT molecular complexity index is 562. The van der Waals surface area contributed by atoms with Crippen molar-refractivity contribution in [1.29, 1.82) is 0 Å². The summed E-state index contributed by atoms with van der Waals surface area (Å²) < 4.78 is 10.3. The highest BCUT2D eigenvalue weighted by atomic mass is 16.5. The molecule has 0 spiro atoms. The minimum absolute atomic E-state index is 0.00460. The van der Waals surface area contributed by atoms with Gasteiger partial charge in [0, 0.05) is 12.6 Å². The lowest BCUT2D eigenvalue weighted by Gasteiger charge is -2.30. The molecule has 2 rings (SSSR count).